The molecule has 0 radical (unpaired) electrons. The third-order valence-electron chi connectivity index (χ3n) is 5.48. The lowest BCUT2D eigenvalue weighted by atomic mass is 9.84. The van der Waals surface area contributed by atoms with Gasteiger partial charge >= 0.3 is 0 Å². The van der Waals surface area contributed by atoms with E-state index in [9.17, 15) is 14.0 Å². The van der Waals surface area contributed by atoms with Gasteiger partial charge in [-0.15, -0.1) is 0 Å². The molecule has 146 valence electrons. The number of hydrazine groups is 1. The van der Waals surface area contributed by atoms with Crippen LogP contribution in [-0.4, -0.2) is 42.4 Å². The molecule has 2 N–H and O–H groups in total. The molecule has 28 heavy (non-hydrogen) atoms. The molecular weight excluding hydrogens is 359 g/mol. The average Bonchev–Trinajstić information content (AvgIpc) is 3.04. The maximum Gasteiger partial charge on any atom is 0.247 e. The number of halogens is 1. The van der Waals surface area contributed by atoms with Gasteiger partial charge in [-0.3, -0.25) is 9.59 Å². The Morgan fingerprint density at radius 1 is 1.18 bits per heavy atom. The van der Waals surface area contributed by atoms with Crippen LogP contribution in [0.4, 0.5) is 15.8 Å². The van der Waals surface area contributed by atoms with E-state index >= 15 is 0 Å². The van der Waals surface area contributed by atoms with E-state index in [1.807, 2.05) is 37.3 Å². The van der Waals surface area contributed by atoms with Crippen molar-refractivity contribution in [3.05, 3.63) is 60.4 Å². The smallest absolute Gasteiger partial charge is 0.247 e. The number of nitrogens with one attached hydrogen (secondary N) is 2. The van der Waals surface area contributed by atoms with Gasteiger partial charge in [-0.1, -0.05) is 31.2 Å². The molecule has 2 aromatic rings. The Kier molecular flexibility index (Phi) is 5.11. The number of nitrogens with zero attached hydrogens (tertiary/aromatic N) is 2. The molecule has 0 spiro atoms. The molecule has 3 unspecified atom stereocenters. The van der Waals surface area contributed by atoms with E-state index in [1.165, 1.54) is 12.1 Å². The molecule has 3 atom stereocenters. The third kappa shape index (κ3) is 3.50. The molecule has 0 aromatic heterocycles. The van der Waals surface area contributed by atoms with E-state index in [4.69, 9.17) is 0 Å². The molecule has 0 saturated carbocycles. The summed E-state index contributed by atoms with van der Waals surface area (Å²) in [5.41, 5.74) is 4.43. The van der Waals surface area contributed by atoms with Crippen molar-refractivity contribution in [3.63, 3.8) is 0 Å². The molecule has 2 fully saturated rings. The Morgan fingerprint density at radius 2 is 1.96 bits per heavy atom. The van der Waals surface area contributed by atoms with Crippen LogP contribution < -0.4 is 15.8 Å². The van der Waals surface area contributed by atoms with Crippen LogP contribution in [0.25, 0.3) is 0 Å². The summed E-state index contributed by atoms with van der Waals surface area (Å²) in [4.78, 5) is 28.1. The summed E-state index contributed by atoms with van der Waals surface area (Å²) in [6.45, 7) is 3.93. The van der Waals surface area contributed by atoms with Gasteiger partial charge in [-0.2, -0.15) is 0 Å². The van der Waals surface area contributed by atoms with Gasteiger partial charge in [0.2, 0.25) is 11.8 Å². The van der Waals surface area contributed by atoms with Crippen LogP contribution in [0.15, 0.2) is 54.6 Å². The van der Waals surface area contributed by atoms with E-state index in [0.29, 0.717) is 18.8 Å². The van der Waals surface area contributed by atoms with Crippen molar-refractivity contribution in [2.45, 2.75) is 13.0 Å². The minimum Gasteiger partial charge on any atom is -0.326 e. The molecule has 4 rings (SSSR count). The lowest BCUT2D eigenvalue weighted by molar-refractivity contribution is -0.126. The van der Waals surface area contributed by atoms with E-state index in [0.717, 1.165) is 12.2 Å². The zero-order valence-electron chi connectivity index (χ0n) is 15.6. The number of piperidine rings is 1. The summed E-state index contributed by atoms with van der Waals surface area (Å²) in [7, 11) is 0. The molecule has 2 saturated heterocycles. The molecule has 0 bridgehead atoms. The molecule has 2 aromatic carbocycles. The van der Waals surface area contributed by atoms with E-state index < -0.39 is 11.7 Å². The monoisotopic (exact) mass is 382 g/mol. The quantitative estimate of drug-likeness (QED) is 0.851. The second-order valence-electron chi connectivity index (χ2n) is 7.23. The van der Waals surface area contributed by atoms with Gasteiger partial charge in [0.05, 0.1) is 23.6 Å². The number of fused-ring (bicyclic) bond motifs is 1. The SMILES string of the molecule is CCN1CC(C(=O)Nc2cccc(F)c2)C2NN(c3ccccc3)C(=O)C2C1. The van der Waals surface area contributed by atoms with Crippen LogP contribution in [0.5, 0.6) is 0 Å². The molecule has 7 heteroatoms. The molecule has 6 nitrogen and oxygen atoms in total. The van der Waals surface area contributed by atoms with Gasteiger partial charge in [0.25, 0.3) is 0 Å². The second kappa shape index (κ2) is 7.69. The number of hydrogen-bond donors (Lipinski definition) is 2. The van der Waals surface area contributed by atoms with Gasteiger partial charge in [0, 0.05) is 18.8 Å². The van der Waals surface area contributed by atoms with Crippen LogP contribution in [0.2, 0.25) is 0 Å². The van der Waals surface area contributed by atoms with Gasteiger partial charge in [0.1, 0.15) is 5.82 Å². The summed E-state index contributed by atoms with van der Waals surface area (Å²) < 4.78 is 13.5. The van der Waals surface area contributed by atoms with Crippen molar-refractivity contribution in [2.24, 2.45) is 11.8 Å². The van der Waals surface area contributed by atoms with Crippen molar-refractivity contribution in [1.82, 2.24) is 10.3 Å². The first-order chi connectivity index (χ1) is 13.6. The summed E-state index contributed by atoms with van der Waals surface area (Å²) in [5, 5.41) is 4.36. The van der Waals surface area contributed by atoms with Crippen LogP contribution >= 0.6 is 0 Å². The number of para-hydroxylation sites is 1. The minimum atomic E-state index is -0.431. The highest BCUT2D eigenvalue weighted by Crippen LogP contribution is 2.32. The van der Waals surface area contributed by atoms with Crippen LogP contribution in [0.1, 0.15) is 6.92 Å². The predicted octanol–water partition coefficient (Wildman–Crippen LogP) is 2.25. The van der Waals surface area contributed by atoms with Crippen LogP contribution in [0.3, 0.4) is 0 Å². The lowest BCUT2D eigenvalue weighted by Crippen LogP contribution is -2.55. The van der Waals surface area contributed by atoms with E-state index in [-0.39, 0.29) is 23.8 Å². The number of benzene rings is 2. The Hall–Kier alpha value is -2.77. The summed E-state index contributed by atoms with van der Waals surface area (Å²) in [5.74, 6) is -1.39. The zero-order chi connectivity index (χ0) is 19.7. The Bertz CT molecular complexity index is 876. The fourth-order valence-electron chi connectivity index (χ4n) is 4.01. The molecule has 0 aliphatic carbocycles. The molecule has 2 heterocycles. The average molecular weight is 382 g/mol. The number of carbonyl (C=O) groups excluding carboxylic acids is 2. The van der Waals surface area contributed by atoms with Crippen molar-refractivity contribution >= 4 is 23.2 Å². The Morgan fingerprint density at radius 3 is 2.68 bits per heavy atom. The minimum absolute atomic E-state index is 0.0297. The summed E-state index contributed by atoms with van der Waals surface area (Å²) >= 11 is 0. The second-order valence-corrected chi connectivity index (χ2v) is 7.23. The van der Waals surface area contributed by atoms with Gasteiger partial charge in [0.15, 0.2) is 0 Å². The molecular formula is C21H23FN4O2. The molecule has 2 aliphatic heterocycles. The number of amides is 2. The lowest BCUT2D eigenvalue weighted by Gasteiger charge is -2.37. The highest BCUT2D eigenvalue weighted by atomic mass is 19.1. The van der Waals surface area contributed by atoms with Gasteiger partial charge in [-0.25, -0.2) is 14.8 Å². The molecule has 2 aliphatic rings. The van der Waals surface area contributed by atoms with Crippen molar-refractivity contribution in [3.8, 4) is 0 Å². The predicted molar refractivity (Wildman–Crippen MR) is 105 cm³/mol. The topological polar surface area (TPSA) is 64.7 Å². The fourth-order valence-corrected chi connectivity index (χ4v) is 4.01. The highest BCUT2D eigenvalue weighted by Gasteiger charge is 2.50. The maximum atomic E-state index is 13.5. The fraction of sp³-hybridized carbons (Fsp3) is 0.333. The summed E-state index contributed by atoms with van der Waals surface area (Å²) in [6.07, 6.45) is 0. The zero-order valence-corrected chi connectivity index (χ0v) is 15.6. The first kappa shape index (κ1) is 18.6. The number of carbonyl (C=O) groups is 2. The van der Waals surface area contributed by atoms with E-state index in [2.05, 4.69) is 15.6 Å². The van der Waals surface area contributed by atoms with Crippen molar-refractivity contribution in [1.29, 1.82) is 0 Å². The Labute approximate surface area is 163 Å². The molecule has 2 amide bonds. The van der Waals surface area contributed by atoms with E-state index in [1.54, 1.807) is 17.1 Å². The highest BCUT2D eigenvalue weighted by molar-refractivity contribution is 5.99. The normalized spacial score (nSPS) is 24.9. The third-order valence-corrected chi connectivity index (χ3v) is 5.48. The number of hydrogen-bond acceptors (Lipinski definition) is 4. The van der Waals surface area contributed by atoms with Gasteiger partial charge in [-0.05, 0) is 36.9 Å². The first-order valence-electron chi connectivity index (χ1n) is 9.51. The number of rotatable bonds is 4. The standard InChI is InChI=1S/C21H23FN4O2/c1-2-25-12-17(20(27)23-15-8-6-7-14(22)11-15)19-18(13-25)21(28)26(24-19)16-9-4-3-5-10-16/h3-11,17-19,24H,2,12-13H2,1H3,(H,23,27). The van der Waals surface area contributed by atoms with Crippen LogP contribution in [0, 0.1) is 17.7 Å². The van der Waals surface area contributed by atoms with Crippen molar-refractivity contribution < 1.29 is 14.0 Å². The van der Waals surface area contributed by atoms with Crippen molar-refractivity contribution in [2.75, 3.05) is 30.0 Å². The summed E-state index contributed by atoms with van der Waals surface area (Å²) in [6, 6.07) is 14.9. The largest absolute Gasteiger partial charge is 0.326 e. The van der Waals surface area contributed by atoms with Gasteiger partial charge < -0.3 is 10.2 Å². The number of likely N-dealkylation sites (tertiary alicyclic amines) is 1. The Balaban J connectivity index is 1.58. The van der Waals surface area contributed by atoms with Crippen LogP contribution in [-0.2, 0) is 9.59 Å². The first-order valence-corrected chi connectivity index (χ1v) is 9.51. The number of anilines is 2. The maximum absolute atomic E-state index is 13.5.